The van der Waals surface area contributed by atoms with Crippen molar-refractivity contribution < 1.29 is 47.5 Å². The molecule has 3 heterocycles. The van der Waals surface area contributed by atoms with Crippen LogP contribution >= 0.6 is 0 Å². The third-order valence-corrected chi connectivity index (χ3v) is 8.99. The number of pyridine rings is 1. The van der Waals surface area contributed by atoms with Crippen LogP contribution in [0.4, 0.5) is 4.79 Å². The predicted molar refractivity (Wildman–Crippen MR) is 193 cm³/mol. The van der Waals surface area contributed by atoms with E-state index in [2.05, 4.69) is 20.8 Å². The van der Waals surface area contributed by atoms with E-state index in [1.165, 1.54) is 18.1 Å². The highest BCUT2D eigenvalue weighted by Crippen LogP contribution is 2.45. The second-order valence-corrected chi connectivity index (χ2v) is 14.9. The molecule has 1 saturated heterocycles. The van der Waals surface area contributed by atoms with Crippen LogP contribution in [0.15, 0.2) is 29.2 Å². The quantitative estimate of drug-likeness (QED) is 0.155. The number of carbonyl (C=O) groups is 3. The van der Waals surface area contributed by atoms with E-state index in [1.54, 1.807) is 41.0 Å². The van der Waals surface area contributed by atoms with E-state index in [1.807, 2.05) is 21.6 Å². The lowest BCUT2D eigenvalue weighted by atomic mass is 9.78. The lowest BCUT2D eigenvalue weighted by Gasteiger charge is -2.40. The van der Waals surface area contributed by atoms with Crippen LogP contribution in [-0.2, 0) is 34.9 Å². The number of hydrogen-bond donors (Lipinski definition) is 0. The SMILES string of the molecule is CCOC(=O)c1cn2c(cc1=O)-c1cc(OC)c(OCCOCCOCCN3CCN(C(=O)OC(C)(C)C)CC3C(=O)OC)cc1CC2C(C)(C)C. The molecule has 0 aliphatic carbocycles. The zero-order chi connectivity index (χ0) is 38.2. The lowest BCUT2D eigenvalue weighted by molar-refractivity contribution is -0.149. The number of fused-ring (bicyclic) bond motifs is 3. The Morgan fingerprint density at radius 2 is 1.58 bits per heavy atom. The van der Waals surface area contributed by atoms with Crippen molar-refractivity contribution in [3.05, 3.63) is 45.7 Å². The summed E-state index contributed by atoms with van der Waals surface area (Å²) >= 11 is 0. The maximum absolute atomic E-state index is 13.0. The normalized spacial score (nSPS) is 17.5. The van der Waals surface area contributed by atoms with Gasteiger partial charge in [-0.3, -0.25) is 14.5 Å². The summed E-state index contributed by atoms with van der Waals surface area (Å²) < 4.78 is 40.9. The van der Waals surface area contributed by atoms with Gasteiger partial charge >= 0.3 is 18.0 Å². The van der Waals surface area contributed by atoms with E-state index in [4.69, 9.17) is 33.2 Å². The highest BCUT2D eigenvalue weighted by molar-refractivity contribution is 5.89. The van der Waals surface area contributed by atoms with Crippen molar-refractivity contribution in [1.29, 1.82) is 0 Å². The van der Waals surface area contributed by atoms with Gasteiger partial charge in [0.25, 0.3) is 0 Å². The number of carbonyl (C=O) groups excluding carboxylic acids is 3. The second kappa shape index (κ2) is 17.6. The van der Waals surface area contributed by atoms with Gasteiger partial charge < -0.3 is 42.6 Å². The summed E-state index contributed by atoms with van der Waals surface area (Å²) in [6.45, 7) is 17.0. The van der Waals surface area contributed by atoms with Gasteiger partial charge in [-0.2, -0.15) is 0 Å². The van der Waals surface area contributed by atoms with Crippen LogP contribution in [0.5, 0.6) is 11.5 Å². The summed E-state index contributed by atoms with van der Waals surface area (Å²) in [6, 6.07) is 4.68. The largest absolute Gasteiger partial charge is 0.493 e. The standard InChI is InChI=1S/C38H55N3O11/c1-10-50-34(43)27-23-41-28(22-30(27)42)26-21-31(46-8)32(19-25(26)20-33(41)37(2,3)4)51-18-17-49-16-15-48-14-13-39-11-12-40(24-29(39)35(44)47-9)36(45)52-38(5,6)7/h19,21-23,29,33H,10-18,20,24H2,1-9H3. The van der Waals surface area contributed by atoms with Gasteiger partial charge in [-0.1, -0.05) is 20.8 Å². The minimum absolute atomic E-state index is 0.0167. The van der Waals surface area contributed by atoms with Crippen LogP contribution in [-0.4, -0.2) is 124 Å². The molecule has 14 heteroatoms. The third kappa shape index (κ3) is 10.3. The zero-order valence-electron chi connectivity index (χ0n) is 32.1. The van der Waals surface area contributed by atoms with Crippen molar-refractivity contribution in [1.82, 2.24) is 14.4 Å². The first kappa shape index (κ1) is 40.6. The number of nitrogens with zero attached hydrogens (tertiary/aromatic N) is 3. The van der Waals surface area contributed by atoms with E-state index in [0.717, 1.165) is 11.1 Å². The molecule has 0 bridgehead atoms. The molecule has 0 N–H and O–H groups in total. The molecule has 4 rings (SSSR count). The Morgan fingerprint density at radius 1 is 0.885 bits per heavy atom. The molecule has 1 amide bonds. The average molecular weight is 730 g/mol. The fourth-order valence-corrected chi connectivity index (χ4v) is 6.35. The maximum Gasteiger partial charge on any atom is 0.410 e. The molecule has 1 aromatic heterocycles. The number of aromatic nitrogens is 1. The summed E-state index contributed by atoms with van der Waals surface area (Å²) in [4.78, 5) is 54.1. The Bertz CT molecular complexity index is 1630. The first-order valence-corrected chi connectivity index (χ1v) is 17.8. The lowest BCUT2D eigenvalue weighted by Crippen LogP contribution is -2.59. The van der Waals surface area contributed by atoms with Crippen LogP contribution in [0.3, 0.4) is 0 Å². The van der Waals surface area contributed by atoms with Gasteiger partial charge in [0.2, 0.25) is 0 Å². The van der Waals surface area contributed by atoms with Gasteiger partial charge in [-0.25, -0.2) is 9.59 Å². The number of esters is 2. The Kier molecular flexibility index (Phi) is 13.7. The number of piperazine rings is 1. The van der Waals surface area contributed by atoms with Crippen LogP contribution < -0.4 is 14.9 Å². The molecular weight excluding hydrogens is 674 g/mol. The summed E-state index contributed by atoms with van der Waals surface area (Å²) in [5.74, 6) is 0.0461. The first-order valence-electron chi connectivity index (χ1n) is 17.8. The van der Waals surface area contributed by atoms with Crippen LogP contribution in [0.1, 0.15) is 70.4 Å². The molecule has 0 saturated carbocycles. The van der Waals surface area contributed by atoms with Crippen LogP contribution in [0, 0.1) is 5.41 Å². The Labute approximate surface area is 306 Å². The zero-order valence-corrected chi connectivity index (χ0v) is 32.1. The molecule has 0 spiro atoms. The molecule has 2 aliphatic rings. The number of rotatable bonds is 14. The van der Waals surface area contributed by atoms with Gasteiger partial charge in [0.15, 0.2) is 16.9 Å². The Hall–Kier alpha value is -4.14. The molecule has 0 radical (unpaired) electrons. The summed E-state index contributed by atoms with van der Waals surface area (Å²) in [6.07, 6.45) is 1.83. The molecule has 2 atom stereocenters. The van der Waals surface area contributed by atoms with Crippen molar-refractivity contribution in [3.8, 4) is 22.8 Å². The smallest absolute Gasteiger partial charge is 0.410 e. The monoisotopic (exact) mass is 729 g/mol. The Morgan fingerprint density at radius 3 is 2.21 bits per heavy atom. The molecule has 2 aromatic rings. The van der Waals surface area contributed by atoms with Crippen molar-refractivity contribution in [2.45, 2.75) is 72.6 Å². The highest BCUT2D eigenvalue weighted by atomic mass is 16.6. The van der Waals surface area contributed by atoms with Crippen molar-refractivity contribution >= 4 is 18.0 Å². The molecule has 288 valence electrons. The minimum Gasteiger partial charge on any atom is -0.493 e. The van der Waals surface area contributed by atoms with Crippen LogP contribution in [0.25, 0.3) is 11.3 Å². The van der Waals surface area contributed by atoms with Crippen molar-refractivity contribution in [2.75, 3.05) is 80.0 Å². The second-order valence-electron chi connectivity index (χ2n) is 14.9. The topological polar surface area (TPSA) is 144 Å². The predicted octanol–water partition coefficient (Wildman–Crippen LogP) is 4.35. The molecule has 2 aliphatic heterocycles. The van der Waals surface area contributed by atoms with E-state index in [-0.39, 0.29) is 36.8 Å². The van der Waals surface area contributed by atoms with Crippen molar-refractivity contribution in [2.24, 2.45) is 5.41 Å². The van der Waals surface area contributed by atoms with E-state index >= 15 is 0 Å². The molecule has 52 heavy (non-hydrogen) atoms. The van der Waals surface area contributed by atoms with Gasteiger partial charge in [-0.05, 0) is 57.2 Å². The van der Waals surface area contributed by atoms with Gasteiger partial charge in [-0.15, -0.1) is 0 Å². The van der Waals surface area contributed by atoms with E-state index in [0.29, 0.717) is 69.7 Å². The minimum atomic E-state index is -0.628. The fraction of sp³-hybridized carbons (Fsp3) is 0.632. The molecule has 1 aromatic carbocycles. The Balaban J connectivity index is 1.28. The average Bonchev–Trinajstić information content (AvgIpc) is 3.08. The maximum atomic E-state index is 13.0. The third-order valence-electron chi connectivity index (χ3n) is 8.99. The number of methoxy groups -OCH3 is 2. The number of hydrogen-bond acceptors (Lipinski definition) is 12. The number of ether oxygens (including phenoxy) is 7. The molecular formula is C38H55N3O11. The molecule has 1 fully saturated rings. The van der Waals surface area contributed by atoms with Gasteiger partial charge in [0.05, 0.1) is 59.5 Å². The highest BCUT2D eigenvalue weighted by Gasteiger charge is 2.37. The first-order chi connectivity index (χ1) is 24.6. The van der Waals surface area contributed by atoms with Gasteiger partial charge in [0.1, 0.15) is 23.8 Å². The summed E-state index contributed by atoms with van der Waals surface area (Å²) in [7, 11) is 2.90. The fourth-order valence-electron chi connectivity index (χ4n) is 6.35. The summed E-state index contributed by atoms with van der Waals surface area (Å²) in [5, 5.41) is 0. The van der Waals surface area contributed by atoms with Crippen LogP contribution in [0.2, 0.25) is 0 Å². The van der Waals surface area contributed by atoms with E-state index in [9.17, 15) is 19.2 Å². The van der Waals surface area contributed by atoms with Gasteiger partial charge in [0, 0.05) is 43.5 Å². The molecule has 14 nitrogen and oxygen atoms in total. The van der Waals surface area contributed by atoms with E-state index < -0.39 is 35.1 Å². The summed E-state index contributed by atoms with van der Waals surface area (Å²) in [5.41, 5.74) is 1.36. The molecule has 2 unspecified atom stereocenters. The van der Waals surface area contributed by atoms with Crippen molar-refractivity contribution in [3.63, 3.8) is 0 Å². The number of amides is 1. The number of benzene rings is 1.